The van der Waals surface area contributed by atoms with Gasteiger partial charge in [0.15, 0.2) is 17.5 Å². The number of nitrogens with zero attached hydrogens (tertiary/aromatic N) is 4. The minimum absolute atomic E-state index is 0.0289. The van der Waals surface area contributed by atoms with Crippen LogP contribution in [-0.4, -0.2) is 15.0 Å². The highest BCUT2D eigenvalue weighted by atomic mass is 15.0. The van der Waals surface area contributed by atoms with Crippen LogP contribution in [0.5, 0.6) is 0 Å². The van der Waals surface area contributed by atoms with Gasteiger partial charge in [0.05, 0.1) is 11.6 Å². The Bertz CT molecular complexity index is 3090. The van der Waals surface area contributed by atoms with Crippen LogP contribution < -0.4 is 0 Å². The summed E-state index contributed by atoms with van der Waals surface area (Å²) in [6.07, 6.45) is 0. The van der Waals surface area contributed by atoms with Crippen LogP contribution in [0.4, 0.5) is 0 Å². The number of fused-ring (bicyclic) bond motifs is 4. The van der Waals surface area contributed by atoms with Gasteiger partial charge in [-0.05, 0) is 106 Å². The molecule has 1 aromatic heterocycles. The predicted octanol–water partition coefficient (Wildman–Crippen LogP) is 14.6. The maximum atomic E-state index is 9.61. The summed E-state index contributed by atoms with van der Waals surface area (Å²) in [6, 6.07) is 58.3. The summed E-state index contributed by atoms with van der Waals surface area (Å²) in [5, 5.41) is 14.2. The Morgan fingerprint density at radius 2 is 0.733 bits per heavy atom. The van der Waals surface area contributed by atoms with Gasteiger partial charge in [-0.15, -0.1) is 0 Å². The van der Waals surface area contributed by atoms with E-state index >= 15 is 0 Å². The largest absolute Gasteiger partial charge is 0.208 e. The molecule has 0 saturated carbocycles. The summed E-state index contributed by atoms with van der Waals surface area (Å²) >= 11 is 0. The minimum Gasteiger partial charge on any atom is -0.208 e. The lowest BCUT2D eigenvalue weighted by Gasteiger charge is -2.19. The van der Waals surface area contributed by atoms with Gasteiger partial charge in [-0.1, -0.05) is 181 Å². The number of hydrogen-bond acceptors (Lipinski definition) is 4. The molecule has 9 aromatic rings. The summed E-state index contributed by atoms with van der Waals surface area (Å²) in [6.45, 7) is 13.4. The van der Waals surface area contributed by atoms with Gasteiger partial charge in [0.25, 0.3) is 0 Å². The van der Waals surface area contributed by atoms with E-state index in [9.17, 15) is 5.26 Å². The van der Waals surface area contributed by atoms with Crippen molar-refractivity contribution in [2.75, 3.05) is 0 Å². The van der Waals surface area contributed by atoms with Crippen LogP contribution in [0.3, 0.4) is 0 Å². The summed E-state index contributed by atoms with van der Waals surface area (Å²) in [5.41, 5.74) is 15.6. The molecule has 0 bridgehead atoms. The molecule has 0 aliphatic heterocycles. The van der Waals surface area contributed by atoms with Crippen LogP contribution >= 0.6 is 0 Å². The SMILES string of the molecule is CC(C)(C)c1ccc(-c2nc(-c3ccc(C(C)(C)C)cc3)nc(-c3ccc(-c4ccc5c6c(ccc(-c7ccc(C#N)cc7)c46)-c4ccccc4-5)c4ccccc34)n2)cc1. The van der Waals surface area contributed by atoms with Gasteiger partial charge in [-0.2, -0.15) is 5.26 Å². The zero-order valence-corrected chi connectivity index (χ0v) is 34.8. The van der Waals surface area contributed by atoms with Gasteiger partial charge in [0, 0.05) is 16.7 Å². The highest BCUT2D eigenvalue weighted by molar-refractivity contribution is 6.24. The lowest BCUT2D eigenvalue weighted by Crippen LogP contribution is -2.11. The van der Waals surface area contributed by atoms with E-state index < -0.39 is 0 Å². The number of nitriles is 1. The molecule has 1 aliphatic rings. The quantitative estimate of drug-likeness (QED) is 0.175. The molecule has 4 heteroatoms. The van der Waals surface area contributed by atoms with Crippen LogP contribution in [0.2, 0.25) is 0 Å². The van der Waals surface area contributed by atoms with Crippen molar-refractivity contribution < 1.29 is 0 Å². The molecule has 0 saturated heterocycles. The Labute approximate surface area is 351 Å². The Morgan fingerprint density at radius 1 is 0.350 bits per heavy atom. The summed E-state index contributed by atoms with van der Waals surface area (Å²) in [5.74, 6) is 1.91. The maximum absolute atomic E-state index is 9.61. The summed E-state index contributed by atoms with van der Waals surface area (Å²) in [7, 11) is 0. The first-order valence-electron chi connectivity index (χ1n) is 20.7. The average molecular weight is 773 g/mol. The van der Waals surface area contributed by atoms with Gasteiger partial charge >= 0.3 is 0 Å². The van der Waals surface area contributed by atoms with Crippen LogP contribution in [0.15, 0.2) is 158 Å². The van der Waals surface area contributed by atoms with Crippen LogP contribution in [-0.2, 0) is 10.8 Å². The Hall–Kier alpha value is -7.22. The Morgan fingerprint density at radius 3 is 1.23 bits per heavy atom. The molecule has 0 fully saturated rings. The molecule has 1 heterocycles. The van der Waals surface area contributed by atoms with Crippen molar-refractivity contribution >= 4 is 21.5 Å². The van der Waals surface area contributed by atoms with Gasteiger partial charge in [0.1, 0.15) is 0 Å². The first-order chi connectivity index (χ1) is 29.0. The first kappa shape index (κ1) is 37.1. The molecular formula is C56H44N4. The maximum Gasteiger partial charge on any atom is 0.164 e. The molecule has 0 radical (unpaired) electrons. The van der Waals surface area contributed by atoms with Crippen molar-refractivity contribution in [2.24, 2.45) is 0 Å². The number of benzene rings is 8. The van der Waals surface area contributed by atoms with Gasteiger partial charge in [-0.25, -0.2) is 15.0 Å². The summed E-state index contributed by atoms with van der Waals surface area (Å²) < 4.78 is 0. The van der Waals surface area contributed by atoms with Crippen LogP contribution in [0, 0.1) is 11.3 Å². The van der Waals surface area contributed by atoms with E-state index in [0.29, 0.717) is 23.0 Å². The van der Waals surface area contributed by atoms with Crippen molar-refractivity contribution in [2.45, 2.75) is 52.4 Å². The molecule has 0 atom stereocenters. The van der Waals surface area contributed by atoms with Gasteiger partial charge in [-0.3, -0.25) is 0 Å². The molecule has 0 unspecified atom stereocenters. The number of rotatable bonds is 5. The third-order valence-corrected chi connectivity index (χ3v) is 12.1. The zero-order chi connectivity index (χ0) is 41.3. The second-order valence-electron chi connectivity index (χ2n) is 18.0. The van der Waals surface area contributed by atoms with E-state index in [4.69, 9.17) is 15.0 Å². The third kappa shape index (κ3) is 6.26. The highest BCUT2D eigenvalue weighted by Crippen LogP contribution is 2.52. The average Bonchev–Trinajstić information content (AvgIpc) is 3.60. The van der Waals surface area contributed by atoms with E-state index in [0.717, 1.165) is 49.7 Å². The third-order valence-electron chi connectivity index (χ3n) is 12.1. The zero-order valence-electron chi connectivity index (χ0n) is 34.8. The lowest BCUT2D eigenvalue weighted by molar-refractivity contribution is 0.590. The van der Waals surface area contributed by atoms with Crippen molar-refractivity contribution in [1.82, 2.24) is 15.0 Å². The summed E-state index contributed by atoms with van der Waals surface area (Å²) in [4.78, 5) is 15.6. The van der Waals surface area contributed by atoms with E-state index in [2.05, 4.69) is 193 Å². The fourth-order valence-corrected chi connectivity index (χ4v) is 8.81. The van der Waals surface area contributed by atoms with Crippen molar-refractivity contribution in [3.63, 3.8) is 0 Å². The topological polar surface area (TPSA) is 62.5 Å². The fourth-order valence-electron chi connectivity index (χ4n) is 8.81. The molecule has 288 valence electrons. The molecule has 60 heavy (non-hydrogen) atoms. The van der Waals surface area contributed by atoms with Gasteiger partial charge < -0.3 is 0 Å². The van der Waals surface area contributed by atoms with Crippen molar-refractivity contribution in [3.05, 3.63) is 174 Å². The molecule has 4 nitrogen and oxygen atoms in total. The second-order valence-corrected chi connectivity index (χ2v) is 18.0. The molecule has 0 spiro atoms. The Balaban J connectivity index is 1.19. The molecule has 8 aromatic carbocycles. The predicted molar refractivity (Wildman–Crippen MR) is 249 cm³/mol. The van der Waals surface area contributed by atoms with Gasteiger partial charge in [0.2, 0.25) is 0 Å². The van der Waals surface area contributed by atoms with Crippen molar-refractivity contribution in [1.29, 1.82) is 5.26 Å². The minimum atomic E-state index is 0.0289. The first-order valence-corrected chi connectivity index (χ1v) is 20.7. The lowest BCUT2D eigenvalue weighted by atomic mass is 9.86. The standard InChI is InChI=1S/C56H44N4/c1-55(2,3)38-23-19-36(20-24-38)52-58-53(37-21-25-39(26-22-37)56(4,5)6)60-54(59-52)49-32-28-45(41-11-7-10-14-44(41)49)48-31-30-47-43-13-9-8-12-42(43)46-29-27-40(50(48)51(46)47)35-17-15-34(33-57)16-18-35/h7-32H,1-6H3. The smallest absolute Gasteiger partial charge is 0.164 e. The van der Waals surface area contributed by atoms with E-state index in [1.165, 1.54) is 44.2 Å². The monoisotopic (exact) mass is 772 g/mol. The highest BCUT2D eigenvalue weighted by Gasteiger charge is 2.26. The van der Waals surface area contributed by atoms with E-state index in [1.54, 1.807) is 0 Å². The normalized spacial score (nSPS) is 12.2. The molecule has 0 amide bonds. The van der Waals surface area contributed by atoms with E-state index in [1.807, 2.05) is 12.1 Å². The molecule has 1 aliphatic carbocycles. The molecule has 0 N–H and O–H groups in total. The van der Waals surface area contributed by atoms with Crippen LogP contribution in [0.25, 0.3) is 100 Å². The fraction of sp³-hybridized carbons (Fsp3) is 0.143. The molecular weight excluding hydrogens is 729 g/mol. The molecule has 10 rings (SSSR count). The van der Waals surface area contributed by atoms with E-state index in [-0.39, 0.29) is 10.8 Å². The Kier molecular flexibility index (Phi) is 8.63. The van der Waals surface area contributed by atoms with Crippen LogP contribution in [0.1, 0.15) is 58.2 Å². The second kappa shape index (κ2) is 14.0. The van der Waals surface area contributed by atoms with Crippen molar-refractivity contribution in [3.8, 4) is 84.7 Å². The number of hydrogen-bond donors (Lipinski definition) is 0. The number of aromatic nitrogens is 3.